The molecule has 29 heavy (non-hydrogen) atoms. The Morgan fingerprint density at radius 1 is 1.21 bits per heavy atom. The Balaban J connectivity index is 1.44. The number of anilines is 3. The molecule has 0 aliphatic carbocycles. The molecule has 0 saturated heterocycles. The molecular weight excluding hydrogens is 389 g/mol. The third kappa shape index (κ3) is 3.44. The zero-order chi connectivity index (χ0) is 19.8. The first-order valence-electron chi connectivity index (χ1n) is 9.25. The lowest BCUT2D eigenvalue weighted by molar-refractivity contribution is 0.614. The molecule has 1 aliphatic rings. The summed E-state index contributed by atoms with van der Waals surface area (Å²) >= 11 is 1.56. The van der Waals surface area contributed by atoms with E-state index in [2.05, 4.69) is 61.6 Å². The fourth-order valence-corrected chi connectivity index (χ4v) is 4.41. The summed E-state index contributed by atoms with van der Waals surface area (Å²) in [7, 11) is 0. The number of fused-ring (bicyclic) bond motifs is 3. The molecule has 0 atom stereocenters. The van der Waals surface area contributed by atoms with Crippen molar-refractivity contribution in [3.63, 3.8) is 0 Å². The van der Waals surface area contributed by atoms with Crippen LogP contribution in [0.3, 0.4) is 0 Å². The van der Waals surface area contributed by atoms with Crippen molar-refractivity contribution in [1.29, 1.82) is 0 Å². The normalized spacial score (nSPS) is 13.0. The molecule has 0 bridgehead atoms. The van der Waals surface area contributed by atoms with Crippen LogP contribution in [0.4, 0.5) is 21.3 Å². The SMILES string of the molecule is Cc1ccccc1CN1CCc2sc(Nc3ncc(F)cn3)nc2-c2cn[nH]c21. The number of hydrogen-bond acceptors (Lipinski definition) is 7. The predicted molar refractivity (Wildman–Crippen MR) is 111 cm³/mol. The van der Waals surface area contributed by atoms with Gasteiger partial charge >= 0.3 is 0 Å². The van der Waals surface area contributed by atoms with Crippen LogP contribution in [0.15, 0.2) is 42.9 Å². The lowest BCUT2D eigenvalue weighted by atomic mass is 10.1. The second-order valence-electron chi connectivity index (χ2n) is 6.87. The summed E-state index contributed by atoms with van der Waals surface area (Å²) in [6.07, 6.45) is 4.95. The lowest BCUT2D eigenvalue weighted by Crippen LogP contribution is -2.25. The zero-order valence-corrected chi connectivity index (χ0v) is 16.5. The van der Waals surface area contributed by atoms with Crippen molar-refractivity contribution < 1.29 is 4.39 Å². The maximum atomic E-state index is 13.0. The first-order valence-corrected chi connectivity index (χ1v) is 10.1. The first kappa shape index (κ1) is 17.7. The Labute approximate surface area is 170 Å². The van der Waals surface area contributed by atoms with Gasteiger partial charge < -0.3 is 10.2 Å². The van der Waals surface area contributed by atoms with Crippen LogP contribution in [0.5, 0.6) is 0 Å². The Hall–Kier alpha value is -3.33. The summed E-state index contributed by atoms with van der Waals surface area (Å²) in [5.41, 5.74) is 4.46. The van der Waals surface area contributed by atoms with Crippen LogP contribution in [0.2, 0.25) is 0 Å². The topological polar surface area (TPSA) is 82.6 Å². The Morgan fingerprint density at radius 3 is 2.86 bits per heavy atom. The second kappa shape index (κ2) is 7.25. The molecule has 0 unspecified atom stereocenters. The number of benzene rings is 1. The molecule has 146 valence electrons. The van der Waals surface area contributed by atoms with Gasteiger partial charge in [-0.3, -0.25) is 5.10 Å². The fourth-order valence-electron chi connectivity index (χ4n) is 3.45. The summed E-state index contributed by atoms with van der Waals surface area (Å²) < 4.78 is 13.0. The summed E-state index contributed by atoms with van der Waals surface area (Å²) in [4.78, 5) is 16.1. The van der Waals surface area contributed by atoms with Gasteiger partial charge in [0.2, 0.25) is 5.95 Å². The fraction of sp³-hybridized carbons (Fsp3) is 0.200. The van der Waals surface area contributed by atoms with Gasteiger partial charge in [0.25, 0.3) is 0 Å². The smallest absolute Gasteiger partial charge is 0.229 e. The van der Waals surface area contributed by atoms with Crippen molar-refractivity contribution >= 4 is 28.2 Å². The van der Waals surface area contributed by atoms with Gasteiger partial charge in [-0.05, 0) is 18.1 Å². The molecule has 5 rings (SSSR count). The molecule has 1 aromatic carbocycles. The highest BCUT2D eigenvalue weighted by atomic mass is 32.1. The molecule has 7 nitrogen and oxygen atoms in total. The van der Waals surface area contributed by atoms with Crippen molar-refractivity contribution in [3.05, 3.63) is 64.7 Å². The van der Waals surface area contributed by atoms with Crippen molar-refractivity contribution in [3.8, 4) is 11.3 Å². The standard InChI is InChI=1S/C20H18FN7S/c1-12-4-2-3-5-13(12)11-28-7-6-16-17(15-10-24-27-18(15)28)25-20(29-16)26-19-22-8-14(21)9-23-19/h2-5,8-10H,6-7,11H2,1H3,(H,24,27)(H,22,23,25,26). The number of thiazole rings is 1. The molecule has 4 heterocycles. The van der Waals surface area contributed by atoms with E-state index in [1.807, 2.05) is 6.20 Å². The van der Waals surface area contributed by atoms with Crippen LogP contribution >= 0.6 is 11.3 Å². The number of H-pyrrole nitrogens is 1. The average molecular weight is 407 g/mol. The largest absolute Gasteiger partial charge is 0.352 e. The quantitative estimate of drug-likeness (QED) is 0.531. The van der Waals surface area contributed by atoms with E-state index >= 15 is 0 Å². The van der Waals surface area contributed by atoms with E-state index in [0.29, 0.717) is 11.1 Å². The molecule has 2 N–H and O–H groups in total. The summed E-state index contributed by atoms with van der Waals surface area (Å²) in [5, 5.41) is 11.2. The number of aromatic amines is 1. The van der Waals surface area contributed by atoms with Crippen molar-refractivity contribution in [2.45, 2.75) is 19.9 Å². The van der Waals surface area contributed by atoms with E-state index in [4.69, 9.17) is 4.98 Å². The Bertz CT molecular complexity index is 1150. The molecule has 3 aromatic heterocycles. The third-order valence-electron chi connectivity index (χ3n) is 4.96. The highest BCUT2D eigenvalue weighted by Crippen LogP contribution is 2.39. The van der Waals surface area contributed by atoms with E-state index in [9.17, 15) is 4.39 Å². The highest BCUT2D eigenvalue weighted by molar-refractivity contribution is 7.16. The number of aromatic nitrogens is 5. The van der Waals surface area contributed by atoms with Gasteiger partial charge in [0.05, 0.1) is 29.8 Å². The van der Waals surface area contributed by atoms with E-state index in [1.165, 1.54) is 16.0 Å². The van der Waals surface area contributed by atoms with E-state index in [-0.39, 0.29) is 0 Å². The molecule has 0 spiro atoms. The van der Waals surface area contributed by atoms with Crippen LogP contribution < -0.4 is 10.2 Å². The van der Waals surface area contributed by atoms with Gasteiger partial charge in [-0.15, -0.1) is 11.3 Å². The molecule has 4 aromatic rings. The number of aryl methyl sites for hydroxylation is 1. The first-order chi connectivity index (χ1) is 14.2. The van der Waals surface area contributed by atoms with Gasteiger partial charge in [0.1, 0.15) is 5.82 Å². The van der Waals surface area contributed by atoms with Crippen LogP contribution in [0, 0.1) is 12.7 Å². The molecule has 9 heteroatoms. The highest BCUT2D eigenvalue weighted by Gasteiger charge is 2.25. The molecule has 0 radical (unpaired) electrons. The van der Waals surface area contributed by atoms with E-state index in [1.54, 1.807) is 11.3 Å². The number of hydrogen-bond donors (Lipinski definition) is 2. The van der Waals surface area contributed by atoms with Crippen molar-refractivity contribution in [1.82, 2.24) is 25.1 Å². The zero-order valence-electron chi connectivity index (χ0n) is 15.7. The molecule has 0 saturated carbocycles. The van der Waals surface area contributed by atoms with E-state index in [0.717, 1.165) is 49.0 Å². The number of halogens is 1. The molecular formula is C20H18FN7S. The van der Waals surface area contributed by atoms with Gasteiger partial charge in [-0.2, -0.15) is 5.10 Å². The second-order valence-corrected chi connectivity index (χ2v) is 7.95. The minimum atomic E-state index is -0.470. The van der Waals surface area contributed by atoms with Gasteiger partial charge in [-0.25, -0.2) is 19.3 Å². The van der Waals surface area contributed by atoms with Crippen LogP contribution in [0.1, 0.15) is 16.0 Å². The average Bonchev–Trinajstić information content (AvgIpc) is 3.33. The molecule has 0 amide bonds. The number of nitrogens with one attached hydrogen (secondary N) is 2. The summed E-state index contributed by atoms with van der Waals surface area (Å²) in [5.74, 6) is 0.827. The van der Waals surface area contributed by atoms with Crippen LogP contribution in [-0.4, -0.2) is 31.7 Å². The molecule has 1 aliphatic heterocycles. The van der Waals surface area contributed by atoms with Gasteiger partial charge in [0.15, 0.2) is 10.9 Å². The van der Waals surface area contributed by atoms with Gasteiger partial charge in [0, 0.05) is 24.4 Å². The monoisotopic (exact) mass is 407 g/mol. The maximum Gasteiger partial charge on any atom is 0.229 e. The number of nitrogens with zero attached hydrogens (tertiary/aromatic N) is 5. The minimum absolute atomic E-state index is 0.323. The number of rotatable bonds is 4. The van der Waals surface area contributed by atoms with Crippen molar-refractivity contribution in [2.24, 2.45) is 0 Å². The van der Waals surface area contributed by atoms with Crippen LogP contribution in [0.25, 0.3) is 11.3 Å². The minimum Gasteiger partial charge on any atom is -0.352 e. The summed E-state index contributed by atoms with van der Waals surface area (Å²) in [6, 6.07) is 8.43. The Morgan fingerprint density at radius 2 is 2.03 bits per heavy atom. The van der Waals surface area contributed by atoms with Gasteiger partial charge in [-0.1, -0.05) is 24.3 Å². The van der Waals surface area contributed by atoms with Crippen molar-refractivity contribution in [2.75, 3.05) is 16.8 Å². The van der Waals surface area contributed by atoms with Crippen LogP contribution in [-0.2, 0) is 13.0 Å². The predicted octanol–water partition coefficient (Wildman–Crippen LogP) is 4.08. The van der Waals surface area contributed by atoms with E-state index < -0.39 is 5.82 Å². The molecule has 0 fully saturated rings. The maximum absolute atomic E-state index is 13.0. The Kier molecular flexibility index (Phi) is 4.44. The summed E-state index contributed by atoms with van der Waals surface area (Å²) in [6.45, 7) is 3.80. The lowest BCUT2D eigenvalue weighted by Gasteiger charge is -2.23. The third-order valence-corrected chi connectivity index (χ3v) is 5.99.